The number of fused-ring (bicyclic) bond motifs is 2. The van der Waals surface area contributed by atoms with Crippen LogP contribution in [0.5, 0.6) is 0 Å². The molecule has 8 heteroatoms. The fraction of sp³-hybridized carbons (Fsp3) is 0.241. The minimum absolute atomic E-state index is 0.178. The number of aliphatic hydroxyl groups is 1. The van der Waals surface area contributed by atoms with Gasteiger partial charge in [0.25, 0.3) is 5.91 Å². The summed E-state index contributed by atoms with van der Waals surface area (Å²) in [4.78, 5) is 28.9. The maximum absolute atomic E-state index is 12.2. The third-order valence-corrected chi connectivity index (χ3v) is 7.43. The van der Waals surface area contributed by atoms with Crippen LogP contribution < -0.4 is 11.1 Å². The van der Waals surface area contributed by atoms with Gasteiger partial charge < -0.3 is 21.1 Å². The molecule has 0 saturated heterocycles. The van der Waals surface area contributed by atoms with E-state index in [1.807, 2.05) is 36.7 Å². The normalized spacial score (nSPS) is 17.8. The molecule has 0 atom stereocenters. The maximum Gasteiger partial charge on any atom is 0.250 e. The van der Waals surface area contributed by atoms with E-state index >= 15 is 0 Å². The van der Waals surface area contributed by atoms with Crippen LogP contribution >= 0.6 is 0 Å². The van der Waals surface area contributed by atoms with E-state index < -0.39 is 5.91 Å². The number of hydrogen-bond acceptors (Lipinski definition) is 6. The Morgan fingerprint density at radius 3 is 2.68 bits per heavy atom. The average molecular weight is 493 g/mol. The molecule has 5 aromatic rings. The van der Waals surface area contributed by atoms with Crippen LogP contribution in [0.3, 0.4) is 0 Å². The number of anilines is 1. The van der Waals surface area contributed by atoms with Crippen molar-refractivity contribution < 1.29 is 9.90 Å². The van der Waals surface area contributed by atoms with E-state index in [9.17, 15) is 9.90 Å². The molecule has 5 N–H and O–H groups in total. The average Bonchev–Trinajstić information content (AvgIpc) is 3.39. The van der Waals surface area contributed by atoms with Crippen molar-refractivity contribution in [3.63, 3.8) is 0 Å². The lowest BCUT2D eigenvalue weighted by Gasteiger charge is -2.28. The van der Waals surface area contributed by atoms with Gasteiger partial charge in [0.05, 0.1) is 29.2 Å². The number of nitrogens with zero attached hydrogens (tertiary/aromatic N) is 3. The number of amides is 1. The number of nitrogens with two attached hydrogens (primary N) is 1. The number of hydrogen-bond donors (Lipinski definition) is 4. The van der Waals surface area contributed by atoms with Gasteiger partial charge in [0.15, 0.2) is 5.65 Å². The van der Waals surface area contributed by atoms with E-state index in [4.69, 9.17) is 10.7 Å². The fourth-order valence-electron chi connectivity index (χ4n) is 5.43. The number of aryl methyl sites for hydroxylation is 1. The highest BCUT2D eigenvalue weighted by Crippen LogP contribution is 2.37. The Balaban J connectivity index is 1.45. The van der Waals surface area contributed by atoms with Crippen LogP contribution in [0.4, 0.5) is 5.69 Å². The van der Waals surface area contributed by atoms with Crippen molar-refractivity contribution in [3.05, 3.63) is 72.3 Å². The summed E-state index contributed by atoms with van der Waals surface area (Å²) < 4.78 is 0. The molecule has 0 radical (unpaired) electrons. The molecule has 0 spiro atoms. The zero-order valence-electron chi connectivity index (χ0n) is 20.5. The number of primary amides is 1. The SMILES string of the molecule is Cc1c(-c2cccc3c(-c4ccc(C(N)=O)c(NC5CCC(O)CC5)c4)nccc23)cnc2nc[nH]c12. The first kappa shape index (κ1) is 23.1. The van der Waals surface area contributed by atoms with Gasteiger partial charge in [0, 0.05) is 40.6 Å². The summed E-state index contributed by atoms with van der Waals surface area (Å²) in [5.74, 6) is -0.477. The molecular formula is C29H28N6O2. The first-order valence-electron chi connectivity index (χ1n) is 12.5. The van der Waals surface area contributed by atoms with Gasteiger partial charge in [-0.2, -0.15) is 0 Å². The predicted molar refractivity (Wildman–Crippen MR) is 145 cm³/mol. The van der Waals surface area contributed by atoms with Crippen LogP contribution in [-0.4, -0.2) is 43.1 Å². The van der Waals surface area contributed by atoms with Gasteiger partial charge in [-0.1, -0.05) is 24.3 Å². The number of carbonyl (C=O) groups is 1. The molecular weight excluding hydrogens is 464 g/mol. The summed E-state index contributed by atoms with van der Waals surface area (Å²) >= 11 is 0. The lowest BCUT2D eigenvalue weighted by Crippen LogP contribution is -2.29. The van der Waals surface area contributed by atoms with Crippen LogP contribution in [0.15, 0.2) is 61.2 Å². The van der Waals surface area contributed by atoms with E-state index in [0.717, 1.165) is 69.9 Å². The van der Waals surface area contributed by atoms with Gasteiger partial charge in [-0.3, -0.25) is 9.78 Å². The Labute approximate surface area is 214 Å². The minimum Gasteiger partial charge on any atom is -0.393 e. The highest BCUT2D eigenvalue weighted by molar-refractivity contribution is 6.05. The summed E-state index contributed by atoms with van der Waals surface area (Å²) in [5, 5.41) is 15.4. The lowest BCUT2D eigenvalue weighted by molar-refractivity contribution is 0.100. The maximum atomic E-state index is 12.2. The van der Waals surface area contributed by atoms with Crippen molar-refractivity contribution >= 4 is 33.5 Å². The molecule has 1 aliphatic carbocycles. The van der Waals surface area contributed by atoms with E-state index in [-0.39, 0.29) is 12.1 Å². The van der Waals surface area contributed by atoms with E-state index in [1.54, 1.807) is 12.4 Å². The zero-order chi connectivity index (χ0) is 25.5. The predicted octanol–water partition coefficient (Wildman–Crippen LogP) is 4.96. The van der Waals surface area contributed by atoms with Gasteiger partial charge in [0.2, 0.25) is 0 Å². The Hall–Kier alpha value is -4.30. The van der Waals surface area contributed by atoms with Gasteiger partial charge >= 0.3 is 0 Å². The highest BCUT2D eigenvalue weighted by atomic mass is 16.3. The lowest BCUT2D eigenvalue weighted by atomic mass is 9.92. The summed E-state index contributed by atoms with van der Waals surface area (Å²) in [7, 11) is 0. The molecule has 3 heterocycles. The number of carbonyl (C=O) groups excluding carboxylic acids is 1. The van der Waals surface area contributed by atoms with Gasteiger partial charge in [0.1, 0.15) is 0 Å². The van der Waals surface area contributed by atoms with Crippen LogP contribution in [0.25, 0.3) is 44.3 Å². The number of aromatic amines is 1. The summed E-state index contributed by atoms with van der Waals surface area (Å²) in [6, 6.07) is 14.0. The molecule has 2 aromatic carbocycles. The Morgan fingerprint density at radius 1 is 1.03 bits per heavy atom. The largest absolute Gasteiger partial charge is 0.393 e. The molecule has 0 bridgehead atoms. The van der Waals surface area contributed by atoms with Crippen LogP contribution in [-0.2, 0) is 0 Å². The number of nitrogens with one attached hydrogen (secondary N) is 2. The molecule has 1 amide bonds. The second-order valence-electron chi connectivity index (χ2n) is 9.73. The number of pyridine rings is 2. The van der Waals surface area contributed by atoms with E-state index in [1.165, 1.54) is 0 Å². The van der Waals surface area contributed by atoms with Crippen LogP contribution in [0.1, 0.15) is 41.6 Å². The Kier molecular flexibility index (Phi) is 5.81. The molecule has 0 unspecified atom stereocenters. The van der Waals surface area contributed by atoms with E-state index in [2.05, 4.69) is 39.3 Å². The minimum atomic E-state index is -0.477. The summed E-state index contributed by atoms with van der Waals surface area (Å²) in [5.41, 5.74) is 13.4. The van der Waals surface area contributed by atoms with Crippen molar-refractivity contribution in [2.75, 3.05) is 5.32 Å². The van der Waals surface area contributed by atoms with Crippen molar-refractivity contribution in [1.29, 1.82) is 0 Å². The molecule has 37 heavy (non-hydrogen) atoms. The zero-order valence-corrected chi connectivity index (χ0v) is 20.5. The molecule has 8 nitrogen and oxygen atoms in total. The molecule has 0 aliphatic heterocycles. The first-order valence-corrected chi connectivity index (χ1v) is 12.5. The number of aliphatic hydroxyl groups excluding tert-OH is 1. The Morgan fingerprint density at radius 2 is 1.86 bits per heavy atom. The summed E-state index contributed by atoms with van der Waals surface area (Å²) in [6.07, 6.45) is 8.28. The quantitative estimate of drug-likeness (QED) is 0.274. The van der Waals surface area contributed by atoms with Gasteiger partial charge in [-0.05, 0) is 67.3 Å². The number of aromatic nitrogens is 4. The van der Waals surface area contributed by atoms with Gasteiger partial charge in [-0.15, -0.1) is 0 Å². The third kappa shape index (κ3) is 4.19. The molecule has 6 rings (SSSR count). The van der Waals surface area contributed by atoms with Gasteiger partial charge in [-0.25, -0.2) is 9.97 Å². The topological polar surface area (TPSA) is 130 Å². The van der Waals surface area contributed by atoms with E-state index in [0.29, 0.717) is 16.9 Å². The summed E-state index contributed by atoms with van der Waals surface area (Å²) in [6.45, 7) is 2.07. The van der Waals surface area contributed by atoms with Crippen LogP contribution in [0, 0.1) is 6.92 Å². The fourth-order valence-corrected chi connectivity index (χ4v) is 5.43. The molecule has 1 aliphatic rings. The van der Waals surface area contributed by atoms with Crippen LogP contribution in [0.2, 0.25) is 0 Å². The molecule has 1 fully saturated rings. The second kappa shape index (κ2) is 9.29. The molecule has 186 valence electrons. The van der Waals surface area contributed by atoms with Crippen molar-refractivity contribution in [2.45, 2.75) is 44.8 Å². The third-order valence-electron chi connectivity index (χ3n) is 7.43. The monoisotopic (exact) mass is 492 g/mol. The second-order valence-corrected chi connectivity index (χ2v) is 9.73. The first-order chi connectivity index (χ1) is 18.0. The number of benzene rings is 2. The van der Waals surface area contributed by atoms with Crippen molar-refractivity contribution in [1.82, 2.24) is 19.9 Å². The van der Waals surface area contributed by atoms with Crippen molar-refractivity contribution in [3.8, 4) is 22.4 Å². The number of H-pyrrole nitrogens is 1. The Bertz CT molecular complexity index is 1630. The van der Waals surface area contributed by atoms with Crippen molar-refractivity contribution in [2.24, 2.45) is 5.73 Å². The molecule has 3 aromatic heterocycles. The number of imidazole rings is 1. The highest BCUT2D eigenvalue weighted by Gasteiger charge is 2.22. The molecule has 1 saturated carbocycles. The number of rotatable bonds is 5. The smallest absolute Gasteiger partial charge is 0.250 e. The standard InChI is InChI=1S/C29H28N6O2/c1-16-24(14-32-29-26(16)33-15-34-29)20-3-2-4-22-21(20)11-12-31-27(22)17-5-10-23(28(30)37)25(13-17)35-18-6-8-19(36)9-7-18/h2-5,10-15,18-19,35-36H,6-9H2,1H3,(H2,30,37)(H,32,33,34).